The molecule has 1 fully saturated rings. The van der Waals surface area contributed by atoms with Crippen LogP contribution in [0.4, 0.5) is 14.5 Å². The van der Waals surface area contributed by atoms with Gasteiger partial charge in [-0.2, -0.15) is 10.5 Å². The van der Waals surface area contributed by atoms with Gasteiger partial charge in [-0.3, -0.25) is 4.79 Å². The molecule has 0 aliphatic carbocycles. The van der Waals surface area contributed by atoms with E-state index in [2.05, 4.69) is 12.1 Å². The number of rotatable bonds is 3. The van der Waals surface area contributed by atoms with Crippen molar-refractivity contribution in [2.45, 2.75) is 18.0 Å². The van der Waals surface area contributed by atoms with Gasteiger partial charge in [0.15, 0.2) is 11.2 Å². The average molecular weight is 437 g/mol. The number of hydrogen-bond acceptors (Lipinski definition) is 4. The number of nitrogens with zero attached hydrogens (tertiary/aromatic N) is 3. The van der Waals surface area contributed by atoms with Crippen molar-refractivity contribution < 1.29 is 13.6 Å². The van der Waals surface area contributed by atoms with Crippen LogP contribution < -0.4 is 4.90 Å². The summed E-state index contributed by atoms with van der Waals surface area (Å²) in [6, 6.07) is 20.8. The van der Waals surface area contributed by atoms with Crippen molar-refractivity contribution in [1.82, 2.24) is 0 Å². The number of carbonyl (C=O) groups excluding carboxylic acids is 1. The zero-order valence-corrected chi connectivity index (χ0v) is 17.3. The van der Waals surface area contributed by atoms with Crippen LogP contribution in [0, 0.1) is 39.7 Å². The van der Waals surface area contributed by atoms with Gasteiger partial charge in [-0.15, -0.1) is 0 Å². The molecule has 3 aromatic carbocycles. The molecule has 3 atom stereocenters. The first-order valence-electron chi connectivity index (χ1n) is 10.4. The molecule has 0 radical (unpaired) electrons. The highest BCUT2D eigenvalue weighted by atomic mass is 19.1. The second kappa shape index (κ2) is 7.69. The number of para-hydroxylation sites is 1. The monoisotopic (exact) mass is 437 g/mol. The lowest BCUT2D eigenvalue weighted by atomic mass is 9.69. The molecule has 0 aromatic heterocycles. The molecule has 3 unspecified atom stereocenters. The predicted molar refractivity (Wildman–Crippen MR) is 119 cm³/mol. The summed E-state index contributed by atoms with van der Waals surface area (Å²) in [5.41, 5.74) is 0.123. The SMILES string of the molecule is N#CC1(C#N)C(c2ccccc2F)C(C(=O)c2ccc(F)cc2)N2c3ccccc3C=CC21. The van der Waals surface area contributed by atoms with Crippen LogP contribution in [0.15, 0.2) is 78.9 Å². The smallest absolute Gasteiger partial charge is 0.185 e. The summed E-state index contributed by atoms with van der Waals surface area (Å²) in [6.07, 6.45) is 3.56. The number of Topliss-reactive ketones (excluding diaryl/α,β-unsaturated/α-hetero) is 1. The lowest BCUT2D eigenvalue weighted by Gasteiger charge is -2.35. The van der Waals surface area contributed by atoms with E-state index in [-0.39, 0.29) is 11.1 Å². The van der Waals surface area contributed by atoms with Crippen molar-refractivity contribution in [2.24, 2.45) is 5.41 Å². The summed E-state index contributed by atoms with van der Waals surface area (Å²) < 4.78 is 28.7. The van der Waals surface area contributed by atoms with Crippen LogP contribution in [0.25, 0.3) is 6.08 Å². The minimum absolute atomic E-state index is 0.126. The quantitative estimate of drug-likeness (QED) is 0.525. The van der Waals surface area contributed by atoms with Crippen LogP contribution >= 0.6 is 0 Å². The van der Waals surface area contributed by atoms with Crippen molar-refractivity contribution in [3.8, 4) is 12.1 Å². The summed E-state index contributed by atoms with van der Waals surface area (Å²) in [6.45, 7) is 0. The molecule has 5 rings (SSSR count). The molecule has 0 amide bonds. The van der Waals surface area contributed by atoms with Gasteiger partial charge in [0.05, 0.1) is 18.2 Å². The number of benzene rings is 3. The fraction of sp³-hybridized carbons (Fsp3) is 0.148. The molecule has 2 aliphatic heterocycles. The second-order valence-corrected chi connectivity index (χ2v) is 8.18. The third kappa shape index (κ3) is 2.96. The molecule has 33 heavy (non-hydrogen) atoms. The zero-order valence-electron chi connectivity index (χ0n) is 17.3. The van der Waals surface area contributed by atoms with E-state index in [1.54, 1.807) is 17.0 Å². The molecule has 0 bridgehead atoms. The van der Waals surface area contributed by atoms with Gasteiger partial charge < -0.3 is 4.90 Å². The number of ketones is 1. The van der Waals surface area contributed by atoms with Crippen LogP contribution in [-0.4, -0.2) is 17.9 Å². The maximum atomic E-state index is 15.1. The number of fused-ring (bicyclic) bond motifs is 3. The van der Waals surface area contributed by atoms with E-state index in [0.29, 0.717) is 5.69 Å². The van der Waals surface area contributed by atoms with E-state index in [4.69, 9.17) is 0 Å². The first-order valence-corrected chi connectivity index (χ1v) is 10.4. The van der Waals surface area contributed by atoms with E-state index in [0.717, 1.165) is 5.56 Å². The van der Waals surface area contributed by atoms with Crippen LogP contribution in [0.3, 0.4) is 0 Å². The van der Waals surface area contributed by atoms with Crippen molar-refractivity contribution in [2.75, 3.05) is 4.90 Å². The van der Waals surface area contributed by atoms with Crippen molar-refractivity contribution in [3.05, 3.63) is 107 Å². The number of hydrogen-bond donors (Lipinski definition) is 0. The third-order valence-electron chi connectivity index (χ3n) is 6.55. The standard InChI is InChI=1S/C27H17F2N3O/c28-19-12-9-18(10-13-19)26(33)25-24(20-6-2-3-7-21(20)29)27(15-30,16-31)23-14-11-17-5-1-4-8-22(17)32(23)25/h1-14,23-25H. The zero-order chi connectivity index (χ0) is 23.2. The van der Waals surface area contributed by atoms with Crippen molar-refractivity contribution in [1.29, 1.82) is 10.5 Å². The van der Waals surface area contributed by atoms with Crippen LogP contribution in [0.1, 0.15) is 27.4 Å². The van der Waals surface area contributed by atoms with Crippen LogP contribution in [-0.2, 0) is 0 Å². The lowest BCUT2D eigenvalue weighted by Crippen LogP contribution is -2.44. The lowest BCUT2D eigenvalue weighted by molar-refractivity contribution is 0.0950. The first-order chi connectivity index (χ1) is 16.0. The van der Waals surface area contributed by atoms with Crippen molar-refractivity contribution >= 4 is 17.5 Å². The Morgan fingerprint density at radius 1 is 0.909 bits per heavy atom. The van der Waals surface area contributed by atoms with E-state index < -0.39 is 40.8 Å². The Morgan fingerprint density at radius 2 is 1.58 bits per heavy atom. The Kier molecular flexibility index (Phi) is 4.80. The fourth-order valence-electron chi connectivity index (χ4n) is 5.09. The van der Waals surface area contributed by atoms with Gasteiger partial charge in [0, 0.05) is 17.2 Å². The average Bonchev–Trinajstić information content (AvgIpc) is 3.15. The molecule has 4 nitrogen and oxygen atoms in total. The minimum atomic E-state index is -1.73. The van der Waals surface area contributed by atoms with Gasteiger partial charge in [0.2, 0.25) is 0 Å². The fourth-order valence-corrected chi connectivity index (χ4v) is 5.09. The third-order valence-corrected chi connectivity index (χ3v) is 6.55. The van der Waals surface area contributed by atoms with Gasteiger partial charge in [-0.05, 0) is 47.5 Å². The Hall–Kier alpha value is -4.29. The molecule has 1 saturated heterocycles. The first kappa shape index (κ1) is 20.6. The summed E-state index contributed by atoms with van der Waals surface area (Å²) in [4.78, 5) is 15.7. The second-order valence-electron chi connectivity index (χ2n) is 8.18. The summed E-state index contributed by atoms with van der Waals surface area (Å²) in [5, 5.41) is 20.6. The maximum absolute atomic E-state index is 15.1. The molecule has 160 valence electrons. The van der Waals surface area contributed by atoms with Crippen LogP contribution in [0.2, 0.25) is 0 Å². The highest BCUT2D eigenvalue weighted by Crippen LogP contribution is 2.55. The number of nitriles is 2. The van der Waals surface area contributed by atoms with Gasteiger partial charge in [-0.25, -0.2) is 8.78 Å². The number of carbonyl (C=O) groups is 1. The normalized spacial score (nSPS) is 22.1. The topological polar surface area (TPSA) is 67.9 Å². The highest BCUT2D eigenvalue weighted by Gasteiger charge is 2.63. The Morgan fingerprint density at radius 3 is 2.27 bits per heavy atom. The van der Waals surface area contributed by atoms with Crippen molar-refractivity contribution in [3.63, 3.8) is 0 Å². The summed E-state index contributed by atoms with van der Waals surface area (Å²) >= 11 is 0. The highest BCUT2D eigenvalue weighted by molar-refractivity contribution is 6.04. The van der Waals surface area contributed by atoms with Gasteiger partial charge >= 0.3 is 0 Å². The van der Waals surface area contributed by atoms with E-state index in [9.17, 15) is 19.7 Å². The van der Waals surface area contributed by atoms with E-state index in [1.807, 2.05) is 30.3 Å². The van der Waals surface area contributed by atoms with Gasteiger partial charge in [0.25, 0.3) is 0 Å². The Bertz CT molecular complexity index is 1350. The van der Waals surface area contributed by atoms with E-state index >= 15 is 4.39 Å². The molecule has 2 heterocycles. The number of anilines is 1. The molecule has 3 aromatic rings. The molecule has 6 heteroatoms. The molecular weight excluding hydrogens is 420 g/mol. The Labute approximate surface area is 189 Å². The largest absolute Gasteiger partial charge is 0.351 e. The molecule has 2 aliphatic rings. The van der Waals surface area contributed by atoms with E-state index in [1.165, 1.54) is 42.5 Å². The maximum Gasteiger partial charge on any atom is 0.185 e. The summed E-state index contributed by atoms with van der Waals surface area (Å²) in [7, 11) is 0. The minimum Gasteiger partial charge on any atom is -0.351 e. The van der Waals surface area contributed by atoms with Gasteiger partial charge in [0.1, 0.15) is 17.7 Å². The Balaban J connectivity index is 1.80. The summed E-state index contributed by atoms with van der Waals surface area (Å²) in [5.74, 6) is -2.57. The molecular formula is C27H17F2N3O. The predicted octanol–water partition coefficient (Wildman–Crippen LogP) is 5.25. The molecule has 0 spiro atoms. The molecule has 0 N–H and O–H groups in total. The van der Waals surface area contributed by atoms with Gasteiger partial charge in [-0.1, -0.05) is 48.6 Å². The molecule has 0 saturated carbocycles. The number of halogens is 2. The van der Waals surface area contributed by atoms with Crippen LogP contribution in [0.5, 0.6) is 0 Å².